The largest absolute Gasteiger partial charge is 0.231 e. The third-order valence-corrected chi connectivity index (χ3v) is 5.15. The van der Waals surface area contributed by atoms with Crippen molar-refractivity contribution in [2.75, 3.05) is 0 Å². The highest BCUT2D eigenvalue weighted by Crippen LogP contribution is 2.41. The molecule has 0 aliphatic heterocycles. The van der Waals surface area contributed by atoms with Gasteiger partial charge >= 0.3 is 0 Å². The van der Waals surface area contributed by atoms with Crippen molar-refractivity contribution in [1.82, 2.24) is 0 Å². The predicted octanol–water partition coefficient (Wildman–Crippen LogP) is 6.16. The van der Waals surface area contributed by atoms with Crippen molar-refractivity contribution >= 4 is 55.2 Å². The fourth-order valence-corrected chi connectivity index (χ4v) is 4.03. The zero-order valence-electron chi connectivity index (χ0n) is 15.6. The Morgan fingerprint density at radius 3 is 1.68 bits per heavy atom. The number of aryl methyl sites for hydroxylation is 2. The van der Waals surface area contributed by atoms with Crippen LogP contribution in [0.25, 0.3) is 43.1 Å². The predicted molar refractivity (Wildman–Crippen MR) is 114 cm³/mol. The van der Waals surface area contributed by atoms with E-state index in [9.17, 15) is 0 Å². The molecular formula is C24H18N2O2. The van der Waals surface area contributed by atoms with Gasteiger partial charge in [0.05, 0.1) is 0 Å². The SMILES string of the molecule is Cc1cc2cccc3c4cccc5cccc(c(c1C)c23)c54.N=C=O.N=C=O. The van der Waals surface area contributed by atoms with E-state index in [4.69, 9.17) is 20.4 Å². The van der Waals surface area contributed by atoms with Crippen molar-refractivity contribution < 1.29 is 9.59 Å². The summed E-state index contributed by atoms with van der Waals surface area (Å²) in [6.45, 7) is 4.48. The third-order valence-electron chi connectivity index (χ3n) is 5.15. The second-order valence-corrected chi connectivity index (χ2v) is 6.51. The van der Waals surface area contributed by atoms with Gasteiger partial charge in [-0.05, 0) is 68.1 Å². The Kier molecular flexibility index (Phi) is 5.28. The number of carbonyl (C=O) groups excluding carboxylic acids is 2. The molecule has 0 aliphatic rings. The molecule has 136 valence electrons. The van der Waals surface area contributed by atoms with E-state index in [1.165, 1.54) is 54.2 Å². The number of isocyanates is 2. The van der Waals surface area contributed by atoms with Crippen LogP contribution in [0.1, 0.15) is 11.1 Å². The van der Waals surface area contributed by atoms with Gasteiger partial charge in [0, 0.05) is 0 Å². The zero-order valence-corrected chi connectivity index (χ0v) is 15.6. The van der Waals surface area contributed by atoms with Crippen LogP contribution in [0.15, 0.2) is 60.7 Å². The van der Waals surface area contributed by atoms with Crippen LogP contribution in [0.3, 0.4) is 0 Å². The van der Waals surface area contributed by atoms with E-state index in [0.717, 1.165) is 12.2 Å². The highest BCUT2D eigenvalue weighted by Gasteiger charge is 2.14. The normalized spacial score (nSPS) is 10.1. The van der Waals surface area contributed by atoms with Gasteiger partial charge in [-0.15, -0.1) is 0 Å². The molecule has 0 aromatic heterocycles. The molecule has 4 nitrogen and oxygen atoms in total. The summed E-state index contributed by atoms with van der Waals surface area (Å²) in [4.78, 5) is 16.7. The van der Waals surface area contributed by atoms with Gasteiger partial charge in [-0.3, -0.25) is 0 Å². The van der Waals surface area contributed by atoms with Gasteiger partial charge in [-0.1, -0.05) is 60.7 Å². The minimum Gasteiger partial charge on any atom is -0.222 e. The van der Waals surface area contributed by atoms with Crippen LogP contribution in [-0.4, -0.2) is 12.2 Å². The van der Waals surface area contributed by atoms with E-state index in [1.807, 2.05) is 0 Å². The van der Waals surface area contributed by atoms with Crippen LogP contribution in [0.5, 0.6) is 0 Å². The van der Waals surface area contributed by atoms with Crippen LogP contribution in [-0.2, 0) is 9.59 Å². The zero-order chi connectivity index (χ0) is 20.3. The molecule has 0 heterocycles. The third kappa shape index (κ3) is 2.93. The average molecular weight is 366 g/mol. The Hall–Kier alpha value is -3.84. The number of nitrogens with one attached hydrogen (secondary N) is 2. The van der Waals surface area contributed by atoms with Crippen molar-refractivity contribution in [2.45, 2.75) is 13.8 Å². The lowest BCUT2D eigenvalue weighted by Gasteiger charge is -2.17. The number of benzene rings is 5. The summed E-state index contributed by atoms with van der Waals surface area (Å²) < 4.78 is 0. The van der Waals surface area contributed by atoms with Crippen molar-refractivity contribution in [3.63, 3.8) is 0 Å². The van der Waals surface area contributed by atoms with Crippen LogP contribution >= 0.6 is 0 Å². The lowest BCUT2D eigenvalue weighted by Crippen LogP contribution is -1.91. The smallest absolute Gasteiger partial charge is 0.222 e. The second-order valence-electron chi connectivity index (χ2n) is 6.51. The van der Waals surface area contributed by atoms with Crippen LogP contribution in [0.2, 0.25) is 0 Å². The molecule has 5 aromatic carbocycles. The summed E-state index contributed by atoms with van der Waals surface area (Å²) in [5.74, 6) is 0. The van der Waals surface area contributed by atoms with E-state index in [-0.39, 0.29) is 0 Å². The molecule has 0 fully saturated rings. The number of hydrogen-bond acceptors (Lipinski definition) is 4. The maximum Gasteiger partial charge on any atom is 0.231 e. The van der Waals surface area contributed by atoms with E-state index < -0.39 is 0 Å². The Labute approximate surface area is 161 Å². The van der Waals surface area contributed by atoms with E-state index in [2.05, 4.69) is 74.5 Å². The Morgan fingerprint density at radius 1 is 0.643 bits per heavy atom. The first kappa shape index (κ1) is 18.9. The summed E-state index contributed by atoms with van der Waals surface area (Å²) in [5.41, 5.74) is 2.78. The van der Waals surface area contributed by atoms with Gasteiger partial charge in [0.25, 0.3) is 0 Å². The van der Waals surface area contributed by atoms with Crippen LogP contribution < -0.4 is 0 Å². The Bertz CT molecular complexity index is 1360. The van der Waals surface area contributed by atoms with E-state index >= 15 is 0 Å². The lowest BCUT2D eigenvalue weighted by molar-refractivity contribution is 0.562. The van der Waals surface area contributed by atoms with Gasteiger partial charge < -0.3 is 0 Å². The first-order valence-electron chi connectivity index (χ1n) is 8.72. The van der Waals surface area contributed by atoms with Crippen LogP contribution in [0, 0.1) is 24.7 Å². The molecule has 28 heavy (non-hydrogen) atoms. The second kappa shape index (κ2) is 7.81. The van der Waals surface area contributed by atoms with Crippen molar-refractivity contribution in [3.8, 4) is 0 Å². The maximum atomic E-state index is 8.35. The highest BCUT2D eigenvalue weighted by molar-refractivity contribution is 6.33. The Balaban J connectivity index is 0.000000337. The first-order chi connectivity index (χ1) is 13.6. The molecule has 0 spiro atoms. The van der Waals surface area contributed by atoms with Crippen molar-refractivity contribution in [2.24, 2.45) is 0 Å². The molecule has 0 atom stereocenters. The summed E-state index contributed by atoms with van der Waals surface area (Å²) >= 11 is 0. The molecule has 4 heteroatoms. The van der Waals surface area contributed by atoms with Gasteiger partial charge in [0.1, 0.15) is 0 Å². The molecule has 5 aromatic rings. The summed E-state index contributed by atoms with van der Waals surface area (Å²) in [7, 11) is 0. The molecule has 0 saturated heterocycles. The number of rotatable bonds is 0. The molecule has 0 unspecified atom stereocenters. The first-order valence-corrected chi connectivity index (χ1v) is 8.72. The molecule has 0 amide bonds. The fourth-order valence-electron chi connectivity index (χ4n) is 4.03. The number of hydrogen-bond donors (Lipinski definition) is 2. The van der Waals surface area contributed by atoms with Crippen molar-refractivity contribution in [1.29, 1.82) is 10.8 Å². The van der Waals surface area contributed by atoms with Crippen molar-refractivity contribution in [3.05, 3.63) is 71.8 Å². The molecule has 2 N–H and O–H groups in total. The monoisotopic (exact) mass is 366 g/mol. The molecular weight excluding hydrogens is 348 g/mol. The molecule has 0 saturated carbocycles. The van der Waals surface area contributed by atoms with Gasteiger partial charge in [-0.25, -0.2) is 20.4 Å². The quantitative estimate of drug-likeness (QED) is 0.149. The minimum atomic E-state index is 0.750. The summed E-state index contributed by atoms with van der Waals surface area (Å²) in [5, 5.41) is 21.9. The fraction of sp³-hybridized carbons (Fsp3) is 0.0833. The molecule has 5 rings (SSSR count). The number of fused-ring (bicyclic) bond motifs is 2. The molecule has 0 bridgehead atoms. The average Bonchev–Trinajstić information content (AvgIpc) is 2.69. The van der Waals surface area contributed by atoms with Gasteiger partial charge in [0.15, 0.2) is 0 Å². The van der Waals surface area contributed by atoms with Crippen LogP contribution in [0.4, 0.5) is 0 Å². The molecule has 0 aliphatic carbocycles. The standard InChI is InChI=1S/C22H16.2CHNO/c1-13-12-16-8-5-10-18-17-9-3-6-15-7-4-11-19(21(15)17)20(14(13)2)22(16)18;2*2-1-3/h3-12H,1-2H3;2*2H. The summed E-state index contributed by atoms with van der Waals surface area (Å²) in [6.07, 6.45) is 1.50. The molecule has 0 radical (unpaired) electrons. The van der Waals surface area contributed by atoms with E-state index in [1.54, 1.807) is 0 Å². The lowest BCUT2D eigenvalue weighted by atomic mass is 9.86. The van der Waals surface area contributed by atoms with Gasteiger partial charge in [-0.2, -0.15) is 0 Å². The summed E-state index contributed by atoms with van der Waals surface area (Å²) in [6, 6.07) is 22.4. The maximum absolute atomic E-state index is 8.35. The Morgan fingerprint density at radius 2 is 1.11 bits per heavy atom. The van der Waals surface area contributed by atoms with E-state index in [0.29, 0.717) is 0 Å². The van der Waals surface area contributed by atoms with Gasteiger partial charge in [0.2, 0.25) is 12.2 Å². The highest BCUT2D eigenvalue weighted by atomic mass is 16.1. The minimum absolute atomic E-state index is 0.750. The topological polar surface area (TPSA) is 81.8 Å².